The van der Waals surface area contributed by atoms with E-state index < -0.39 is 0 Å². The number of piperazine rings is 1. The third-order valence-electron chi connectivity index (χ3n) is 6.86. The molecule has 1 aliphatic heterocycles. The molecule has 1 aromatic heterocycles. The molecule has 2 atom stereocenters. The number of rotatable bonds is 6. The van der Waals surface area contributed by atoms with Gasteiger partial charge in [-0.2, -0.15) is 0 Å². The fourth-order valence-corrected chi connectivity index (χ4v) is 4.79. The molecule has 6 nitrogen and oxygen atoms in total. The van der Waals surface area contributed by atoms with E-state index in [9.17, 15) is 14.0 Å². The maximum Gasteiger partial charge on any atom is 0.260 e. The van der Waals surface area contributed by atoms with Gasteiger partial charge in [0.15, 0.2) is 12.0 Å². The van der Waals surface area contributed by atoms with Crippen LogP contribution in [0.15, 0.2) is 88.1 Å². The van der Waals surface area contributed by atoms with Gasteiger partial charge in [0.25, 0.3) is 5.91 Å². The molecule has 0 saturated carbocycles. The van der Waals surface area contributed by atoms with Gasteiger partial charge >= 0.3 is 0 Å². The average Bonchev–Trinajstić information content (AvgIpc) is 2.90. The first-order valence-electron chi connectivity index (χ1n) is 12.4. The SMILES string of the molecule is C[C@@H]1CN(C(=O)COc2ccc3c(=O)cc(-c4ccccc4)oc3c2)[C@@H](C)CN1Cc1ccc(F)cc1. The summed E-state index contributed by atoms with van der Waals surface area (Å²) in [5.74, 6) is 0.601. The Morgan fingerprint density at radius 1 is 0.973 bits per heavy atom. The molecule has 3 aromatic carbocycles. The van der Waals surface area contributed by atoms with Crippen LogP contribution in [0, 0.1) is 5.82 Å². The summed E-state index contributed by atoms with van der Waals surface area (Å²) in [4.78, 5) is 29.8. The largest absolute Gasteiger partial charge is 0.484 e. The Morgan fingerprint density at radius 3 is 2.49 bits per heavy atom. The molecule has 0 N–H and O–H groups in total. The molecule has 1 aliphatic rings. The Hall–Kier alpha value is -3.97. The molecule has 4 aromatic rings. The molecule has 0 unspecified atom stereocenters. The van der Waals surface area contributed by atoms with Crippen LogP contribution in [0.5, 0.6) is 5.75 Å². The summed E-state index contributed by atoms with van der Waals surface area (Å²) in [6.07, 6.45) is 0. The third-order valence-corrected chi connectivity index (χ3v) is 6.86. The summed E-state index contributed by atoms with van der Waals surface area (Å²) in [5.41, 5.74) is 2.13. The van der Waals surface area contributed by atoms with Crippen LogP contribution in [0.1, 0.15) is 19.4 Å². The number of carbonyl (C=O) groups is 1. The van der Waals surface area contributed by atoms with Crippen LogP contribution >= 0.6 is 0 Å². The maximum absolute atomic E-state index is 13.2. The van der Waals surface area contributed by atoms with E-state index in [1.165, 1.54) is 18.2 Å². The molecule has 1 saturated heterocycles. The quantitative estimate of drug-likeness (QED) is 0.369. The van der Waals surface area contributed by atoms with E-state index in [4.69, 9.17) is 9.15 Å². The van der Waals surface area contributed by atoms with Crippen molar-refractivity contribution in [2.45, 2.75) is 32.5 Å². The van der Waals surface area contributed by atoms with E-state index in [-0.39, 0.29) is 35.8 Å². The van der Waals surface area contributed by atoms with Crippen LogP contribution in [0.25, 0.3) is 22.3 Å². The van der Waals surface area contributed by atoms with Crippen molar-refractivity contribution in [3.8, 4) is 17.1 Å². The van der Waals surface area contributed by atoms with Gasteiger partial charge in [-0.25, -0.2) is 4.39 Å². The summed E-state index contributed by atoms with van der Waals surface area (Å²) in [6, 6.07) is 22.6. The van der Waals surface area contributed by atoms with Gasteiger partial charge in [-0.1, -0.05) is 42.5 Å². The molecule has 5 rings (SSSR count). The molecule has 1 fully saturated rings. The second-order valence-electron chi connectivity index (χ2n) is 9.59. The minimum atomic E-state index is -0.245. The molecule has 0 spiro atoms. The number of hydrogen-bond donors (Lipinski definition) is 0. The van der Waals surface area contributed by atoms with Crippen LogP contribution in [0.3, 0.4) is 0 Å². The van der Waals surface area contributed by atoms with E-state index in [0.29, 0.717) is 42.1 Å². The van der Waals surface area contributed by atoms with E-state index in [1.807, 2.05) is 42.2 Å². The Bertz CT molecular complexity index is 1450. The number of halogens is 1. The molecule has 0 radical (unpaired) electrons. The highest BCUT2D eigenvalue weighted by molar-refractivity contribution is 5.81. The monoisotopic (exact) mass is 500 g/mol. The summed E-state index contributed by atoms with van der Waals surface area (Å²) >= 11 is 0. The summed E-state index contributed by atoms with van der Waals surface area (Å²) in [6.45, 7) is 6.01. The molecule has 37 heavy (non-hydrogen) atoms. The van der Waals surface area contributed by atoms with Gasteiger partial charge in [0, 0.05) is 49.4 Å². The lowest BCUT2D eigenvalue weighted by molar-refractivity contribution is -0.139. The number of hydrogen-bond acceptors (Lipinski definition) is 5. The maximum atomic E-state index is 13.2. The zero-order valence-corrected chi connectivity index (χ0v) is 20.9. The van der Waals surface area contributed by atoms with Crippen molar-refractivity contribution in [1.29, 1.82) is 0 Å². The Balaban J connectivity index is 1.24. The van der Waals surface area contributed by atoms with Crippen molar-refractivity contribution in [3.63, 3.8) is 0 Å². The second-order valence-corrected chi connectivity index (χ2v) is 9.59. The predicted octanol–water partition coefficient (Wildman–Crippen LogP) is 5.10. The normalized spacial score (nSPS) is 18.2. The highest BCUT2D eigenvalue weighted by Gasteiger charge is 2.32. The van der Waals surface area contributed by atoms with Gasteiger partial charge < -0.3 is 14.1 Å². The predicted molar refractivity (Wildman–Crippen MR) is 141 cm³/mol. The summed E-state index contributed by atoms with van der Waals surface area (Å²) in [5, 5.41) is 0.457. The summed E-state index contributed by atoms with van der Waals surface area (Å²) in [7, 11) is 0. The average molecular weight is 501 g/mol. The van der Waals surface area contributed by atoms with Gasteiger partial charge in [0.05, 0.1) is 5.39 Å². The zero-order chi connectivity index (χ0) is 25.9. The Kier molecular flexibility index (Phi) is 7.06. The van der Waals surface area contributed by atoms with Gasteiger partial charge in [0.1, 0.15) is 22.9 Å². The number of ether oxygens (including phenoxy) is 1. The topological polar surface area (TPSA) is 63.0 Å². The molecule has 2 heterocycles. The second kappa shape index (κ2) is 10.6. The first kappa shape index (κ1) is 24.7. The van der Waals surface area contributed by atoms with Crippen molar-refractivity contribution >= 4 is 16.9 Å². The standard InChI is InChI=1S/C30H29FN2O4/c1-20-17-33(21(2)16-32(20)18-22-8-10-24(31)11-9-22)30(35)19-36-25-12-13-26-27(34)15-28(37-29(26)14-25)23-6-4-3-5-7-23/h3-15,20-21H,16-19H2,1-2H3/t20-,21+/m1/s1. The summed E-state index contributed by atoms with van der Waals surface area (Å²) < 4.78 is 25.1. The fraction of sp³-hybridized carbons (Fsp3) is 0.267. The highest BCUT2D eigenvalue weighted by atomic mass is 19.1. The first-order chi connectivity index (χ1) is 17.9. The molecular formula is C30H29FN2O4. The number of benzene rings is 3. The first-order valence-corrected chi connectivity index (χ1v) is 12.4. The van der Waals surface area contributed by atoms with E-state index in [2.05, 4.69) is 11.8 Å². The van der Waals surface area contributed by atoms with Gasteiger partial charge in [-0.3, -0.25) is 14.5 Å². The van der Waals surface area contributed by atoms with E-state index in [0.717, 1.165) is 11.1 Å². The van der Waals surface area contributed by atoms with Gasteiger partial charge in [0.2, 0.25) is 0 Å². The van der Waals surface area contributed by atoms with Crippen LogP contribution in [0.4, 0.5) is 4.39 Å². The lowest BCUT2D eigenvalue weighted by atomic mass is 10.1. The smallest absolute Gasteiger partial charge is 0.260 e. The molecule has 190 valence electrons. The van der Waals surface area contributed by atoms with Crippen molar-refractivity contribution in [3.05, 3.63) is 100 Å². The number of nitrogens with zero attached hydrogens (tertiary/aromatic N) is 2. The molecular weight excluding hydrogens is 471 g/mol. The lowest BCUT2D eigenvalue weighted by Crippen LogP contribution is -2.58. The number of carbonyl (C=O) groups excluding carboxylic acids is 1. The lowest BCUT2D eigenvalue weighted by Gasteiger charge is -2.44. The van der Waals surface area contributed by atoms with Crippen molar-refractivity contribution in [2.24, 2.45) is 0 Å². The molecule has 1 amide bonds. The fourth-order valence-electron chi connectivity index (χ4n) is 4.79. The molecule has 0 bridgehead atoms. The van der Waals surface area contributed by atoms with Crippen LogP contribution in [-0.4, -0.2) is 47.5 Å². The van der Waals surface area contributed by atoms with Crippen LogP contribution in [-0.2, 0) is 11.3 Å². The Morgan fingerprint density at radius 2 is 1.73 bits per heavy atom. The van der Waals surface area contributed by atoms with Crippen LogP contribution < -0.4 is 10.2 Å². The number of amides is 1. The zero-order valence-electron chi connectivity index (χ0n) is 20.9. The van der Waals surface area contributed by atoms with E-state index in [1.54, 1.807) is 30.3 Å². The molecule has 0 aliphatic carbocycles. The minimum absolute atomic E-state index is 0.0100. The van der Waals surface area contributed by atoms with Crippen molar-refractivity contribution in [1.82, 2.24) is 9.80 Å². The number of fused-ring (bicyclic) bond motifs is 1. The molecule has 7 heteroatoms. The highest BCUT2D eigenvalue weighted by Crippen LogP contribution is 2.25. The van der Waals surface area contributed by atoms with Gasteiger partial charge in [-0.05, 0) is 43.7 Å². The minimum Gasteiger partial charge on any atom is -0.484 e. The van der Waals surface area contributed by atoms with Crippen molar-refractivity contribution < 1.29 is 18.3 Å². The van der Waals surface area contributed by atoms with Crippen molar-refractivity contribution in [2.75, 3.05) is 19.7 Å². The van der Waals surface area contributed by atoms with Crippen LogP contribution in [0.2, 0.25) is 0 Å². The third kappa shape index (κ3) is 5.57. The van der Waals surface area contributed by atoms with Gasteiger partial charge in [-0.15, -0.1) is 0 Å². The Labute approximate surface area is 214 Å². The van der Waals surface area contributed by atoms with E-state index >= 15 is 0 Å².